The van der Waals surface area contributed by atoms with E-state index in [1.54, 1.807) is 6.92 Å². The van der Waals surface area contributed by atoms with Crippen molar-refractivity contribution >= 4 is 5.78 Å². The molecule has 0 bridgehead atoms. The number of Topliss-reactive ketones (excluding diaryl/α,β-unsaturated/α-hetero) is 1. The summed E-state index contributed by atoms with van der Waals surface area (Å²) in [5, 5.41) is 10.6. The molecule has 4 rings (SSSR count). The molecular weight excluding hydrogens is 376 g/mol. The fraction of sp³-hybridized carbons (Fsp3) is 0.409. The summed E-state index contributed by atoms with van der Waals surface area (Å²) in [4.78, 5) is 13.2. The standard InChI is InChI=1S/C22H24O7/c1-11-17(23)16-18(24)13(10-27-20(16)21(26-5)19(11)25-4)8-12-6-7-14-15(9-12)29-22(2,3)28-14/h6-7,9,13,23H,8,10H2,1-5H3. The summed E-state index contributed by atoms with van der Waals surface area (Å²) in [6, 6.07) is 5.63. The van der Waals surface area contributed by atoms with E-state index in [0.717, 1.165) is 5.56 Å². The van der Waals surface area contributed by atoms with Crippen LogP contribution in [0.25, 0.3) is 0 Å². The number of phenolic OH excluding ortho intramolecular Hbond substituents is 1. The minimum absolute atomic E-state index is 0.137. The van der Waals surface area contributed by atoms with Gasteiger partial charge in [-0.3, -0.25) is 4.79 Å². The van der Waals surface area contributed by atoms with Crippen molar-refractivity contribution in [3.8, 4) is 34.5 Å². The summed E-state index contributed by atoms with van der Waals surface area (Å²) in [5.74, 6) is 0.750. The molecular formula is C22H24O7. The largest absolute Gasteiger partial charge is 0.507 e. The number of aromatic hydroxyl groups is 1. The maximum atomic E-state index is 13.2. The lowest BCUT2D eigenvalue weighted by molar-refractivity contribution is -0.0431. The van der Waals surface area contributed by atoms with Gasteiger partial charge in [0.1, 0.15) is 11.3 Å². The molecule has 0 amide bonds. The predicted octanol–water partition coefficient (Wildman–Crippen LogP) is 3.66. The van der Waals surface area contributed by atoms with E-state index in [0.29, 0.717) is 35.0 Å². The molecule has 0 saturated heterocycles. The molecule has 0 aromatic heterocycles. The van der Waals surface area contributed by atoms with Crippen LogP contribution in [-0.4, -0.2) is 37.5 Å². The number of fused-ring (bicyclic) bond motifs is 2. The van der Waals surface area contributed by atoms with Crippen LogP contribution in [0, 0.1) is 12.8 Å². The first-order chi connectivity index (χ1) is 13.8. The van der Waals surface area contributed by atoms with Crippen LogP contribution in [0.3, 0.4) is 0 Å². The number of carbonyl (C=O) groups excluding carboxylic acids is 1. The smallest absolute Gasteiger partial charge is 0.246 e. The number of methoxy groups -OCH3 is 2. The fourth-order valence-corrected chi connectivity index (χ4v) is 3.88. The molecule has 0 saturated carbocycles. The van der Waals surface area contributed by atoms with Crippen LogP contribution in [0.5, 0.6) is 34.5 Å². The minimum Gasteiger partial charge on any atom is -0.507 e. The van der Waals surface area contributed by atoms with Gasteiger partial charge in [0.15, 0.2) is 28.8 Å². The molecule has 1 N–H and O–H groups in total. The summed E-state index contributed by atoms with van der Waals surface area (Å²) in [6.07, 6.45) is 0.447. The van der Waals surface area contributed by atoms with E-state index in [1.165, 1.54) is 14.2 Å². The number of benzene rings is 2. The van der Waals surface area contributed by atoms with Crippen molar-refractivity contribution in [3.05, 3.63) is 34.9 Å². The van der Waals surface area contributed by atoms with Gasteiger partial charge in [-0.1, -0.05) is 6.07 Å². The molecule has 0 radical (unpaired) electrons. The molecule has 7 nitrogen and oxygen atoms in total. The van der Waals surface area contributed by atoms with Gasteiger partial charge in [0.2, 0.25) is 11.5 Å². The summed E-state index contributed by atoms with van der Waals surface area (Å²) < 4.78 is 28.1. The Balaban J connectivity index is 1.65. The van der Waals surface area contributed by atoms with E-state index < -0.39 is 11.7 Å². The van der Waals surface area contributed by atoms with Crippen LogP contribution in [0.2, 0.25) is 0 Å². The number of ether oxygens (including phenoxy) is 5. The maximum Gasteiger partial charge on any atom is 0.246 e. The Morgan fingerprint density at radius 3 is 2.52 bits per heavy atom. The van der Waals surface area contributed by atoms with Gasteiger partial charge < -0.3 is 28.8 Å². The monoisotopic (exact) mass is 400 g/mol. The second kappa shape index (κ2) is 6.76. The van der Waals surface area contributed by atoms with Gasteiger partial charge in [-0.15, -0.1) is 0 Å². The average molecular weight is 400 g/mol. The first-order valence-electron chi connectivity index (χ1n) is 9.41. The molecule has 2 aliphatic rings. The van der Waals surface area contributed by atoms with Crippen molar-refractivity contribution in [1.29, 1.82) is 0 Å². The van der Waals surface area contributed by atoms with E-state index in [-0.39, 0.29) is 29.5 Å². The van der Waals surface area contributed by atoms with Crippen molar-refractivity contribution in [3.63, 3.8) is 0 Å². The van der Waals surface area contributed by atoms with Gasteiger partial charge in [-0.25, -0.2) is 0 Å². The van der Waals surface area contributed by atoms with Crippen molar-refractivity contribution in [2.75, 3.05) is 20.8 Å². The highest BCUT2D eigenvalue weighted by atomic mass is 16.7. The van der Waals surface area contributed by atoms with Crippen molar-refractivity contribution in [2.24, 2.45) is 5.92 Å². The highest BCUT2D eigenvalue weighted by Gasteiger charge is 2.37. The Morgan fingerprint density at radius 1 is 1.14 bits per heavy atom. The van der Waals surface area contributed by atoms with Gasteiger partial charge >= 0.3 is 0 Å². The van der Waals surface area contributed by atoms with Crippen LogP contribution in [-0.2, 0) is 6.42 Å². The molecule has 0 fully saturated rings. The van der Waals surface area contributed by atoms with Crippen LogP contribution < -0.4 is 23.7 Å². The molecule has 2 heterocycles. The Labute approximate surface area is 169 Å². The summed E-state index contributed by atoms with van der Waals surface area (Å²) in [5.41, 5.74) is 1.50. The van der Waals surface area contributed by atoms with Gasteiger partial charge in [0.05, 0.1) is 26.7 Å². The molecule has 154 valence electrons. The van der Waals surface area contributed by atoms with Crippen LogP contribution in [0.1, 0.15) is 35.3 Å². The molecule has 2 aromatic rings. The topological polar surface area (TPSA) is 83.5 Å². The zero-order valence-electron chi connectivity index (χ0n) is 17.1. The quantitative estimate of drug-likeness (QED) is 0.838. The number of phenols is 1. The Morgan fingerprint density at radius 2 is 1.83 bits per heavy atom. The zero-order chi connectivity index (χ0) is 20.9. The molecule has 7 heteroatoms. The number of ketones is 1. The van der Waals surface area contributed by atoms with Crippen molar-refractivity contribution < 1.29 is 33.6 Å². The Bertz CT molecular complexity index is 993. The number of rotatable bonds is 4. The summed E-state index contributed by atoms with van der Waals surface area (Å²) >= 11 is 0. The predicted molar refractivity (Wildman–Crippen MR) is 105 cm³/mol. The third-order valence-corrected chi connectivity index (χ3v) is 5.23. The van der Waals surface area contributed by atoms with Crippen LogP contribution >= 0.6 is 0 Å². The lowest BCUT2D eigenvalue weighted by atomic mass is 9.87. The number of carbonyl (C=O) groups is 1. The van der Waals surface area contributed by atoms with Crippen molar-refractivity contribution in [2.45, 2.75) is 33.0 Å². The van der Waals surface area contributed by atoms with E-state index in [1.807, 2.05) is 32.0 Å². The third-order valence-electron chi connectivity index (χ3n) is 5.23. The first-order valence-corrected chi connectivity index (χ1v) is 9.41. The van der Waals surface area contributed by atoms with E-state index in [9.17, 15) is 9.90 Å². The molecule has 2 aromatic carbocycles. The molecule has 1 atom stereocenters. The normalized spacial score (nSPS) is 18.8. The van der Waals surface area contributed by atoms with Gasteiger partial charge in [-0.05, 0) is 31.0 Å². The van der Waals surface area contributed by atoms with E-state index in [2.05, 4.69) is 0 Å². The maximum absolute atomic E-state index is 13.2. The van der Waals surface area contributed by atoms with Crippen LogP contribution in [0.4, 0.5) is 0 Å². The SMILES string of the molecule is COc1c(C)c(O)c2c(c1OC)OCC(Cc1ccc3c(c1)OC(C)(C)O3)C2=O. The first kappa shape index (κ1) is 19.2. The molecule has 0 spiro atoms. The highest BCUT2D eigenvalue weighted by molar-refractivity contribution is 6.05. The Kier molecular flexibility index (Phi) is 4.48. The third kappa shape index (κ3) is 3.10. The lowest BCUT2D eigenvalue weighted by Crippen LogP contribution is -2.30. The minimum atomic E-state index is -0.706. The average Bonchev–Trinajstić information content (AvgIpc) is 2.99. The second-order valence-electron chi connectivity index (χ2n) is 7.71. The zero-order valence-corrected chi connectivity index (χ0v) is 17.1. The Hall–Kier alpha value is -3.09. The second-order valence-corrected chi connectivity index (χ2v) is 7.71. The lowest BCUT2D eigenvalue weighted by Gasteiger charge is -2.28. The van der Waals surface area contributed by atoms with Crippen LogP contribution in [0.15, 0.2) is 18.2 Å². The highest BCUT2D eigenvalue weighted by Crippen LogP contribution is 2.50. The van der Waals surface area contributed by atoms with Gasteiger partial charge in [-0.2, -0.15) is 0 Å². The summed E-state index contributed by atoms with van der Waals surface area (Å²) in [6.45, 7) is 5.53. The van der Waals surface area contributed by atoms with Crippen molar-refractivity contribution in [1.82, 2.24) is 0 Å². The number of hydrogen-bond acceptors (Lipinski definition) is 7. The molecule has 0 aliphatic carbocycles. The van der Waals surface area contributed by atoms with E-state index >= 15 is 0 Å². The van der Waals surface area contributed by atoms with E-state index in [4.69, 9.17) is 23.7 Å². The number of hydrogen-bond donors (Lipinski definition) is 1. The fourth-order valence-electron chi connectivity index (χ4n) is 3.88. The molecule has 1 unspecified atom stereocenters. The molecule has 2 aliphatic heterocycles. The van der Waals surface area contributed by atoms with Gasteiger partial charge in [0, 0.05) is 19.4 Å². The van der Waals surface area contributed by atoms with Gasteiger partial charge in [0.25, 0.3) is 0 Å². The summed E-state index contributed by atoms with van der Waals surface area (Å²) in [7, 11) is 2.95. The molecule has 29 heavy (non-hydrogen) atoms.